The van der Waals surface area contributed by atoms with E-state index < -0.39 is 23.9 Å². The van der Waals surface area contributed by atoms with Crippen molar-refractivity contribution in [1.82, 2.24) is 15.1 Å². The molecule has 4 rings (SSSR count). The monoisotopic (exact) mass is 683 g/mol. The second-order valence-corrected chi connectivity index (χ2v) is 12.6. The Morgan fingerprint density at radius 2 is 1.64 bits per heavy atom. The summed E-state index contributed by atoms with van der Waals surface area (Å²) in [7, 11) is 4.26. The molecule has 3 aromatic rings. The van der Waals surface area contributed by atoms with E-state index in [1.54, 1.807) is 36.4 Å². The van der Waals surface area contributed by atoms with E-state index in [1.807, 2.05) is 49.4 Å². The standard InChI is InChI=1S/C32H36N2O5.C5H13N.C5H8/c1-3-32(18-9-10-19-34(2)22-32)24-14-11-15-25(21-24)39-31(38)27-17-8-7-16-26(27)29(35)33-28(30(36)37)20-23-12-5-4-6-13-23;1-4-6(3)5-2;1-3-5-4-2/h4-8,11-17,21,28H,3,9-10,18-20,22H2,1-2H3,(H,33,35)(H,36,37);4-5H2,1-3H3;3-5H,1H2,2H3/b;;5-4-/t28-,32?;;/m0../s1. The summed E-state index contributed by atoms with van der Waals surface area (Å²) in [5.74, 6) is -2.06. The summed E-state index contributed by atoms with van der Waals surface area (Å²) >= 11 is 0. The molecule has 8 heteroatoms. The predicted molar refractivity (Wildman–Crippen MR) is 204 cm³/mol. The van der Waals surface area contributed by atoms with Gasteiger partial charge in [0.2, 0.25) is 0 Å². The van der Waals surface area contributed by atoms with Gasteiger partial charge in [-0.3, -0.25) is 4.79 Å². The molecule has 2 atom stereocenters. The van der Waals surface area contributed by atoms with Crippen LogP contribution in [0.25, 0.3) is 0 Å². The summed E-state index contributed by atoms with van der Waals surface area (Å²) in [6.45, 7) is 16.3. The maximum Gasteiger partial charge on any atom is 0.344 e. The highest BCUT2D eigenvalue weighted by atomic mass is 16.5. The summed E-state index contributed by atoms with van der Waals surface area (Å²) in [4.78, 5) is 42.9. The quantitative estimate of drug-likeness (QED) is 0.114. The molecule has 2 N–H and O–H groups in total. The van der Waals surface area contributed by atoms with E-state index in [-0.39, 0.29) is 23.0 Å². The van der Waals surface area contributed by atoms with Gasteiger partial charge in [0, 0.05) is 18.4 Å². The van der Waals surface area contributed by atoms with Gasteiger partial charge in [0.25, 0.3) is 5.91 Å². The zero-order valence-corrected chi connectivity index (χ0v) is 30.9. The van der Waals surface area contributed by atoms with Crippen molar-refractivity contribution >= 4 is 17.8 Å². The highest BCUT2D eigenvalue weighted by Gasteiger charge is 2.33. The highest BCUT2D eigenvalue weighted by Crippen LogP contribution is 2.37. The highest BCUT2D eigenvalue weighted by molar-refractivity contribution is 6.06. The number of esters is 1. The zero-order chi connectivity index (χ0) is 36.9. The first kappa shape index (κ1) is 41.6. The number of likely N-dealkylation sites (tertiary alicyclic amines) is 1. The van der Waals surface area contributed by atoms with Crippen LogP contribution in [0.15, 0.2) is 104 Å². The minimum Gasteiger partial charge on any atom is -0.480 e. The van der Waals surface area contributed by atoms with Crippen molar-refractivity contribution in [3.8, 4) is 5.75 Å². The molecule has 1 saturated heterocycles. The molecule has 0 bridgehead atoms. The lowest BCUT2D eigenvalue weighted by atomic mass is 9.74. The van der Waals surface area contributed by atoms with Crippen molar-refractivity contribution in [3.63, 3.8) is 0 Å². The van der Waals surface area contributed by atoms with Crippen LogP contribution in [0.4, 0.5) is 0 Å². The van der Waals surface area contributed by atoms with E-state index in [0.717, 1.165) is 56.6 Å². The van der Waals surface area contributed by atoms with Gasteiger partial charge in [-0.15, -0.1) is 0 Å². The molecule has 0 radical (unpaired) electrons. The van der Waals surface area contributed by atoms with E-state index in [2.05, 4.69) is 62.6 Å². The topological polar surface area (TPSA) is 99.2 Å². The molecule has 50 heavy (non-hydrogen) atoms. The Bertz CT molecular complexity index is 1520. The average Bonchev–Trinajstić information content (AvgIpc) is 3.34. The van der Waals surface area contributed by atoms with Crippen LogP contribution in [0, 0.1) is 0 Å². The third-order valence-electron chi connectivity index (χ3n) is 9.04. The molecular formula is C42H57N3O5. The van der Waals surface area contributed by atoms with Crippen LogP contribution in [0.5, 0.6) is 5.75 Å². The number of nitrogens with zero attached hydrogens (tertiary/aromatic N) is 2. The Hall–Kier alpha value is -4.53. The molecule has 3 aromatic carbocycles. The molecule has 1 heterocycles. The van der Waals surface area contributed by atoms with Crippen LogP contribution in [0.3, 0.4) is 0 Å². The van der Waals surface area contributed by atoms with Gasteiger partial charge >= 0.3 is 11.9 Å². The fourth-order valence-electron chi connectivity index (χ4n) is 5.80. The van der Waals surface area contributed by atoms with Crippen LogP contribution >= 0.6 is 0 Å². The number of benzene rings is 3. The van der Waals surface area contributed by atoms with Gasteiger partial charge in [-0.05, 0) is 95.3 Å². The molecule has 0 spiro atoms. The summed E-state index contributed by atoms with van der Waals surface area (Å²) in [5.41, 5.74) is 2.04. The Labute approximate surface area is 299 Å². The Balaban J connectivity index is 0.000000684. The van der Waals surface area contributed by atoms with Crippen LogP contribution in [-0.4, -0.2) is 79.1 Å². The number of rotatable bonds is 12. The second kappa shape index (κ2) is 22.2. The number of carbonyl (C=O) groups is 3. The Morgan fingerprint density at radius 1 is 0.980 bits per heavy atom. The third kappa shape index (κ3) is 13.4. The molecule has 0 aliphatic carbocycles. The number of carboxylic acids is 1. The number of amides is 1. The van der Waals surface area contributed by atoms with Crippen molar-refractivity contribution < 1.29 is 24.2 Å². The Morgan fingerprint density at radius 3 is 2.20 bits per heavy atom. The number of hydrogen-bond donors (Lipinski definition) is 2. The van der Waals surface area contributed by atoms with Gasteiger partial charge in [-0.2, -0.15) is 0 Å². The number of ether oxygens (including phenoxy) is 1. The molecule has 0 saturated carbocycles. The summed E-state index contributed by atoms with van der Waals surface area (Å²) in [6, 6.07) is 21.9. The minimum atomic E-state index is -1.15. The fraction of sp³-hybridized carbons (Fsp3) is 0.405. The largest absolute Gasteiger partial charge is 0.480 e. The number of carboxylic acid groups (broad SMARTS) is 1. The maximum atomic E-state index is 13.3. The van der Waals surface area contributed by atoms with Gasteiger partial charge in [-0.25, -0.2) is 9.59 Å². The van der Waals surface area contributed by atoms with E-state index in [9.17, 15) is 19.5 Å². The molecule has 270 valence electrons. The molecule has 0 aromatic heterocycles. The van der Waals surface area contributed by atoms with Crippen molar-refractivity contribution in [1.29, 1.82) is 0 Å². The summed E-state index contributed by atoms with van der Waals surface area (Å²) < 4.78 is 5.77. The first-order chi connectivity index (χ1) is 24.0. The van der Waals surface area contributed by atoms with E-state index >= 15 is 0 Å². The van der Waals surface area contributed by atoms with E-state index in [0.29, 0.717) is 5.75 Å². The van der Waals surface area contributed by atoms with Crippen LogP contribution in [0.1, 0.15) is 85.2 Å². The van der Waals surface area contributed by atoms with Crippen LogP contribution in [0.2, 0.25) is 0 Å². The molecule has 1 amide bonds. The molecule has 1 aliphatic heterocycles. The maximum absolute atomic E-state index is 13.3. The fourth-order valence-corrected chi connectivity index (χ4v) is 5.80. The van der Waals surface area contributed by atoms with Gasteiger partial charge < -0.3 is 25.0 Å². The normalized spacial score (nSPS) is 16.5. The molecule has 1 fully saturated rings. The first-order valence-electron chi connectivity index (χ1n) is 17.6. The SMILES string of the molecule is C=C/C=C\C.CCC1(c2cccc(OC(=O)c3ccccc3C(=O)N[C@@H](Cc3ccccc3)C(=O)O)c2)CCCCN(C)C1.CCN(C)CC. The first-order valence-corrected chi connectivity index (χ1v) is 17.6. The smallest absolute Gasteiger partial charge is 0.344 e. The van der Waals surface area contributed by atoms with Crippen molar-refractivity contribution in [2.24, 2.45) is 0 Å². The predicted octanol–water partition coefficient (Wildman–Crippen LogP) is 7.80. The van der Waals surface area contributed by atoms with E-state index in [4.69, 9.17) is 4.74 Å². The van der Waals surface area contributed by atoms with Crippen molar-refractivity contribution in [3.05, 3.63) is 126 Å². The van der Waals surface area contributed by atoms with E-state index in [1.165, 1.54) is 18.6 Å². The second-order valence-electron chi connectivity index (χ2n) is 12.6. The molecule has 8 nitrogen and oxygen atoms in total. The van der Waals surface area contributed by atoms with Gasteiger partial charge in [0.15, 0.2) is 0 Å². The number of likely N-dealkylation sites (N-methyl/N-ethyl adjacent to an activating group) is 1. The minimum absolute atomic E-state index is 0.0178. The zero-order valence-electron chi connectivity index (χ0n) is 30.9. The summed E-state index contributed by atoms with van der Waals surface area (Å²) in [6.07, 6.45) is 10.1. The lowest BCUT2D eigenvalue weighted by molar-refractivity contribution is -0.139. The van der Waals surface area contributed by atoms with Crippen LogP contribution < -0.4 is 10.1 Å². The number of hydrogen-bond acceptors (Lipinski definition) is 6. The average molecular weight is 684 g/mol. The summed E-state index contributed by atoms with van der Waals surface area (Å²) in [5, 5.41) is 12.3. The Kier molecular flexibility index (Phi) is 18.5. The van der Waals surface area contributed by atoms with Gasteiger partial charge in [0.1, 0.15) is 11.8 Å². The van der Waals surface area contributed by atoms with Gasteiger partial charge in [0.05, 0.1) is 11.1 Å². The lowest BCUT2D eigenvalue weighted by Crippen LogP contribution is -2.42. The molecular weight excluding hydrogens is 626 g/mol. The van der Waals surface area contributed by atoms with Crippen LogP contribution in [-0.2, 0) is 16.6 Å². The van der Waals surface area contributed by atoms with Crippen molar-refractivity contribution in [2.75, 3.05) is 40.3 Å². The number of carbonyl (C=O) groups excluding carboxylic acids is 2. The number of aliphatic carboxylic acids is 1. The number of nitrogens with one attached hydrogen (secondary N) is 1. The lowest BCUT2D eigenvalue weighted by Gasteiger charge is -2.35. The van der Waals surface area contributed by atoms with Crippen molar-refractivity contribution in [2.45, 2.75) is 71.3 Å². The molecule has 1 unspecified atom stereocenters. The van der Waals surface area contributed by atoms with Gasteiger partial charge in [-0.1, -0.05) is 107 Å². The third-order valence-corrected chi connectivity index (χ3v) is 9.04. The molecule has 1 aliphatic rings. The number of allylic oxidation sites excluding steroid dienone is 3.